The number of allylic oxidation sites excluding steroid dienone is 2. The van der Waals surface area contributed by atoms with Gasteiger partial charge in [-0.15, -0.1) is 0 Å². The minimum atomic E-state index is -0.138. The predicted molar refractivity (Wildman–Crippen MR) is 75.8 cm³/mol. The minimum Gasteiger partial charge on any atom is -0.466 e. The van der Waals surface area contributed by atoms with Gasteiger partial charge in [0.1, 0.15) is 5.78 Å². The van der Waals surface area contributed by atoms with Crippen LogP contribution in [0.15, 0.2) is 12.2 Å². The molecule has 1 saturated carbocycles. The van der Waals surface area contributed by atoms with Gasteiger partial charge < -0.3 is 4.74 Å². The number of esters is 1. The van der Waals surface area contributed by atoms with Crippen LogP contribution >= 0.6 is 0 Å². The molecule has 0 N–H and O–H groups in total. The molecule has 2 atom stereocenters. The topological polar surface area (TPSA) is 43.4 Å². The van der Waals surface area contributed by atoms with Gasteiger partial charge in [-0.05, 0) is 31.6 Å². The number of unbranched alkanes of at least 4 members (excludes halogenated alkanes) is 2. The lowest BCUT2D eigenvalue weighted by Gasteiger charge is -2.16. The number of ether oxygens (including phenoxy) is 1. The molecule has 108 valence electrons. The third kappa shape index (κ3) is 6.04. The minimum absolute atomic E-state index is 0.138. The Balaban J connectivity index is 2.32. The molecular weight excluding hydrogens is 240 g/mol. The molecule has 0 spiro atoms. The third-order valence-electron chi connectivity index (χ3n) is 3.76. The fourth-order valence-electron chi connectivity index (χ4n) is 2.64. The highest BCUT2D eigenvalue weighted by Crippen LogP contribution is 2.34. The Labute approximate surface area is 116 Å². The summed E-state index contributed by atoms with van der Waals surface area (Å²) in [4.78, 5) is 23.3. The van der Waals surface area contributed by atoms with E-state index in [1.807, 2.05) is 13.0 Å². The molecule has 0 aliphatic heterocycles. The molecule has 0 aromatic heterocycles. The molecule has 0 aromatic carbocycles. The van der Waals surface area contributed by atoms with Crippen LogP contribution in [0.3, 0.4) is 0 Å². The number of rotatable bonds is 8. The Morgan fingerprint density at radius 3 is 2.74 bits per heavy atom. The normalized spacial score (nSPS) is 23.2. The zero-order valence-electron chi connectivity index (χ0n) is 12.2. The number of carbonyl (C=O) groups is 2. The van der Waals surface area contributed by atoms with Gasteiger partial charge >= 0.3 is 5.97 Å². The summed E-state index contributed by atoms with van der Waals surface area (Å²) in [7, 11) is 0. The van der Waals surface area contributed by atoms with E-state index in [-0.39, 0.29) is 11.9 Å². The second-order valence-electron chi connectivity index (χ2n) is 5.40. The van der Waals surface area contributed by atoms with Gasteiger partial charge in [-0.3, -0.25) is 9.59 Å². The van der Waals surface area contributed by atoms with E-state index in [2.05, 4.69) is 13.0 Å². The molecule has 0 amide bonds. The molecule has 1 rings (SSSR count). The molecule has 0 heterocycles. The molecule has 3 nitrogen and oxygen atoms in total. The van der Waals surface area contributed by atoms with Crippen molar-refractivity contribution < 1.29 is 14.3 Å². The summed E-state index contributed by atoms with van der Waals surface area (Å²) in [6.45, 7) is 4.62. The van der Waals surface area contributed by atoms with Crippen molar-refractivity contribution in [2.75, 3.05) is 6.61 Å². The van der Waals surface area contributed by atoms with E-state index in [1.54, 1.807) is 0 Å². The predicted octanol–water partition coefficient (Wildman–Crippen LogP) is 3.67. The summed E-state index contributed by atoms with van der Waals surface area (Å²) in [6.07, 6.45) is 9.72. The number of hydrogen-bond acceptors (Lipinski definition) is 3. The Morgan fingerprint density at radius 2 is 2.05 bits per heavy atom. The zero-order valence-corrected chi connectivity index (χ0v) is 12.2. The molecule has 1 aliphatic rings. The number of carbonyl (C=O) groups excluding carboxylic acids is 2. The van der Waals surface area contributed by atoms with Gasteiger partial charge in [0.15, 0.2) is 0 Å². The summed E-state index contributed by atoms with van der Waals surface area (Å²) in [5.41, 5.74) is 0. The van der Waals surface area contributed by atoms with Crippen LogP contribution in [0.2, 0.25) is 0 Å². The largest absolute Gasteiger partial charge is 0.466 e. The van der Waals surface area contributed by atoms with Crippen LogP contribution in [-0.2, 0) is 14.3 Å². The fourth-order valence-corrected chi connectivity index (χ4v) is 2.64. The van der Waals surface area contributed by atoms with E-state index >= 15 is 0 Å². The first-order valence-electron chi connectivity index (χ1n) is 7.45. The first-order chi connectivity index (χ1) is 9.17. The second-order valence-corrected chi connectivity index (χ2v) is 5.40. The Bertz CT molecular complexity index is 320. The Morgan fingerprint density at radius 1 is 1.32 bits per heavy atom. The van der Waals surface area contributed by atoms with Gasteiger partial charge in [0.25, 0.3) is 0 Å². The van der Waals surface area contributed by atoms with Gasteiger partial charge in [-0.2, -0.15) is 0 Å². The van der Waals surface area contributed by atoms with Gasteiger partial charge in [-0.1, -0.05) is 31.9 Å². The van der Waals surface area contributed by atoms with Crippen molar-refractivity contribution in [2.45, 2.75) is 58.8 Å². The van der Waals surface area contributed by atoms with Crippen molar-refractivity contribution in [3.63, 3.8) is 0 Å². The molecule has 0 radical (unpaired) electrons. The molecule has 19 heavy (non-hydrogen) atoms. The summed E-state index contributed by atoms with van der Waals surface area (Å²) >= 11 is 0. The summed E-state index contributed by atoms with van der Waals surface area (Å²) < 4.78 is 5.23. The Hall–Kier alpha value is -1.12. The fraction of sp³-hybridized carbons (Fsp3) is 0.750. The van der Waals surface area contributed by atoms with E-state index < -0.39 is 0 Å². The van der Waals surface area contributed by atoms with E-state index in [0.29, 0.717) is 37.6 Å². The molecule has 0 bridgehead atoms. The summed E-state index contributed by atoms with van der Waals surface area (Å²) in [5.74, 6) is 0.661. The van der Waals surface area contributed by atoms with Crippen molar-refractivity contribution in [3.05, 3.63) is 12.2 Å². The number of ketones is 1. The van der Waals surface area contributed by atoms with Crippen LogP contribution in [0.1, 0.15) is 58.8 Å². The molecule has 1 aliphatic carbocycles. The van der Waals surface area contributed by atoms with Crippen molar-refractivity contribution in [1.82, 2.24) is 0 Å². The van der Waals surface area contributed by atoms with Crippen LogP contribution in [0, 0.1) is 11.8 Å². The summed E-state index contributed by atoms with van der Waals surface area (Å²) in [6, 6.07) is 0. The highest BCUT2D eigenvalue weighted by Gasteiger charge is 2.33. The zero-order chi connectivity index (χ0) is 14.1. The average molecular weight is 266 g/mol. The monoisotopic (exact) mass is 266 g/mol. The molecule has 1 fully saturated rings. The maximum atomic E-state index is 11.7. The van der Waals surface area contributed by atoms with Crippen LogP contribution in [0.25, 0.3) is 0 Å². The highest BCUT2D eigenvalue weighted by atomic mass is 16.5. The van der Waals surface area contributed by atoms with Crippen molar-refractivity contribution >= 4 is 11.8 Å². The van der Waals surface area contributed by atoms with Crippen LogP contribution in [0.5, 0.6) is 0 Å². The lowest BCUT2D eigenvalue weighted by atomic mass is 9.90. The number of Topliss-reactive ketones (excluding diaryl/α,β-unsaturated/α-hetero) is 1. The lowest BCUT2D eigenvalue weighted by molar-refractivity contribution is -0.145. The molecule has 3 heteroatoms. The first-order valence-corrected chi connectivity index (χ1v) is 7.45. The lowest BCUT2D eigenvalue weighted by Crippen LogP contribution is -2.15. The second kappa shape index (κ2) is 8.89. The molecule has 2 unspecified atom stereocenters. The standard InChI is InChI=1S/C16H26O3/c1-3-5-7-9-19-16(18)12-14-11-15(17)10-13(14)8-6-4-2/h4,6,13-14H,3,5,7-12H2,1-2H3/b6-4-. The SMILES string of the molecule is C/C=C\CC1CC(=O)CC1CC(=O)OCCCCC. The quantitative estimate of drug-likeness (QED) is 0.382. The maximum absolute atomic E-state index is 11.7. The van der Waals surface area contributed by atoms with Crippen LogP contribution < -0.4 is 0 Å². The van der Waals surface area contributed by atoms with Gasteiger partial charge in [0, 0.05) is 19.3 Å². The van der Waals surface area contributed by atoms with E-state index in [1.165, 1.54) is 0 Å². The van der Waals surface area contributed by atoms with Crippen molar-refractivity contribution in [2.24, 2.45) is 11.8 Å². The van der Waals surface area contributed by atoms with Crippen molar-refractivity contribution in [1.29, 1.82) is 0 Å². The first kappa shape index (κ1) is 15.9. The van der Waals surface area contributed by atoms with Crippen molar-refractivity contribution in [3.8, 4) is 0 Å². The molecule has 0 saturated heterocycles. The highest BCUT2D eigenvalue weighted by molar-refractivity contribution is 5.82. The van der Waals surface area contributed by atoms with Crippen LogP contribution in [0.4, 0.5) is 0 Å². The smallest absolute Gasteiger partial charge is 0.306 e. The third-order valence-corrected chi connectivity index (χ3v) is 3.76. The van der Waals surface area contributed by atoms with Gasteiger partial charge in [-0.25, -0.2) is 0 Å². The maximum Gasteiger partial charge on any atom is 0.306 e. The van der Waals surface area contributed by atoms with E-state index in [4.69, 9.17) is 4.74 Å². The van der Waals surface area contributed by atoms with Gasteiger partial charge in [0.05, 0.1) is 6.61 Å². The van der Waals surface area contributed by atoms with E-state index in [0.717, 1.165) is 25.7 Å². The molecular formula is C16H26O3. The average Bonchev–Trinajstić information content (AvgIpc) is 2.72. The van der Waals surface area contributed by atoms with Gasteiger partial charge in [0.2, 0.25) is 0 Å². The van der Waals surface area contributed by atoms with Crippen LogP contribution in [-0.4, -0.2) is 18.4 Å². The van der Waals surface area contributed by atoms with E-state index in [9.17, 15) is 9.59 Å². The molecule has 0 aromatic rings. The number of hydrogen-bond donors (Lipinski definition) is 0. The Kier molecular flexibility index (Phi) is 7.46. The summed E-state index contributed by atoms with van der Waals surface area (Å²) in [5, 5.41) is 0.